The van der Waals surface area contributed by atoms with Gasteiger partial charge in [-0.15, -0.1) is 0 Å². The number of aromatic amines is 1. The number of H-pyrrole nitrogens is 1. The molecule has 0 fully saturated rings. The number of aromatic carboxylic acids is 1. The zero-order chi connectivity index (χ0) is 15.1. The smallest absolute Gasteiger partial charge is 0.357 e. The van der Waals surface area contributed by atoms with Gasteiger partial charge in [-0.2, -0.15) is 10.2 Å². The molecule has 1 aliphatic carbocycles. The van der Waals surface area contributed by atoms with Crippen molar-refractivity contribution in [3.63, 3.8) is 0 Å². The molecule has 0 aliphatic heterocycles. The maximum absolute atomic E-state index is 11.6. The first-order chi connectivity index (χ1) is 10.7. The zero-order valence-electron chi connectivity index (χ0n) is 11.8. The number of nitrogens with one attached hydrogen (secondary N) is 1. The Morgan fingerprint density at radius 3 is 2.86 bits per heavy atom. The second-order valence-electron chi connectivity index (χ2n) is 5.39. The Kier molecular flexibility index (Phi) is 2.82. The number of rotatable bonds is 3. The lowest BCUT2D eigenvalue weighted by atomic mass is 9.94. The fourth-order valence-corrected chi connectivity index (χ4v) is 3.02. The summed E-state index contributed by atoms with van der Waals surface area (Å²) in [4.78, 5) is 11.6. The molecule has 0 spiro atoms. The number of hydrogen-bond acceptors (Lipinski definition) is 3. The van der Waals surface area contributed by atoms with Crippen LogP contribution >= 0.6 is 0 Å². The largest absolute Gasteiger partial charge is 0.476 e. The van der Waals surface area contributed by atoms with Crippen molar-refractivity contribution < 1.29 is 9.90 Å². The van der Waals surface area contributed by atoms with Crippen molar-refractivity contribution in [3.8, 4) is 11.3 Å². The van der Waals surface area contributed by atoms with Gasteiger partial charge in [0.25, 0.3) is 0 Å². The molecule has 6 nitrogen and oxygen atoms in total. The number of fused-ring (bicyclic) bond motifs is 3. The molecule has 6 heteroatoms. The summed E-state index contributed by atoms with van der Waals surface area (Å²) in [5.41, 5.74) is 4.67. The summed E-state index contributed by atoms with van der Waals surface area (Å²) in [6, 6.07) is 9.92. The molecule has 4 rings (SSSR count). The molecular weight excluding hydrogens is 280 g/mol. The molecule has 0 radical (unpaired) electrons. The molecule has 0 atom stereocenters. The molecule has 110 valence electrons. The molecule has 0 saturated heterocycles. The molecule has 3 aromatic rings. The Hall–Kier alpha value is -2.89. The number of hydrogen-bond donors (Lipinski definition) is 2. The van der Waals surface area contributed by atoms with Crippen LogP contribution in [0.2, 0.25) is 0 Å². The van der Waals surface area contributed by atoms with Gasteiger partial charge >= 0.3 is 5.97 Å². The number of aryl methyl sites for hydroxylation is 1. The van der Waals surface area contributed by atoms with E-state index in [9.17, 15) is 9.90 Å². The van der Waals surface area contributed by atoms with Crippen molar-refractivity contribution in [1.29, 1.82) is 0 Å². The molecule has 1 aliphatic rings. The number of carboxylic acids is 1. The molecule has 0 amide bonds. The number of carboxylic acid groups (broad SMARTS) is 1. The van der Waals surface area contributed by atoms with E-state index in [0.717, 1.165) is 35.4 Å². The van der Waals surface area contributed by atoms with Crippen LogP contribution < -0.4 is 0 Å². The second-order valence-corrected chi connectivity index (χ2v) is 5.39. The topological polar surface area (TPSA) is 83.8 Å². The van der Waals surface area contributed by atoms with Crippen molar-refractivity contribution in [2.45, 2.75) is 19.4 Å². The summed E-state index contributed by atoms with van der Waals surface area (Å²) in [7, 11) is 0. The van der Waals surface area contributed by atoms with Gasteiger partial charge in [0.15, 0.2) is 5.69 Å². The highest BCUT2D eigenvalue weighted by molar-refractivity contribution is 5.95. The summed E-state index contributed by atoms with van der Waals surface area (Å²) in [5, 5.41) is 20.8. The minimum atomic E-state index is -1.01. The van der Waals surface area contributed by atoms with Gasteiger partial charge < -0.3 is 5.11 Å². The Bertz CT molecular complexity index is 848. The van der Waals surface area contributed by atoms with E-state index in [0.29, 0.717) is 12.1 Å². The van der Waals surface area contributed by atoms with Crippen LogP contribution in [0.1, 0.15) is 27.3 Å². The second kappa shape index (κ2) is 4.84. The fourth-order valence-electron chi connectivity index (χ4n) is 3.02. The first-order valence-corrected chi connectivity index (χ1v) is 7.13. The third-order valence-electron chi connectivity index (χ3n) is 4.03. The third-order valence-corrected chi connectivity index (χ3v) is 4.03. The minimum Gasteiger partial charge on any atom is -0.476 e. The Balaban J connectivity index is 1.85. The van der Waals surface area contributed by atoms with Gasteiger partial charge in [0.05, 0.1) is 24.0 Å². The quantitative estimate of drug-likeness (QED) is 0.775. The van der Waals surface area contributed by atoms with Gasteiger partial charge in [-0.05, 0) is 24.0 Å². The summed E-state index contributed by atoms with van der Waals surface area (Å²) < 4.78 is 1.80. The molecule has 0 unspecified atom stereocenters. The van der Waals surface area contributed by atoms with Crippen LogP contribution in [0, 0.1) is 0 Å². The van der Waals surface area contributed by atoms with Crippen LogP contribution in [0.3, 0.4) is 0 Å². The van der Waals surface area contributed by atoms with Crippen molar-refractivity contribution in [3.05, 3.63) is 59.0 Å². The van der Waals surface area contributed by atoms with E-state index in [4.69, 9.17) is 0 Å². The van der Waals surface area contributed by atoms with E-state index in [1.165, 1.54) is 0 Å². The number of benzene rings is 1. The lowest BCUT2D eigenvalue weighted by molar-refractivity contribution is 0.0690. The van der Waals surface area contributed by atoms with Gasteiger partial charge in [0, 0.05) is 5.69 Å². The van der Waals surface area contributed by atoms with E-state index in [1.807, 2.05) is 30.3 Å². The summed E-state index contributed by atoms with van der Waals surface area (Å²) in [6.07, 6.45) is 3.38. The lowest BCUT2D eigenvalue weighted by Crippen LogP contribution is -2.10. The summed E-state index contributed by atoms with van der Waals surface area (Å²) >= 11 is 0. The van der Waals surface area contributed by atoms with Crippen LogP contribution in [0.5, 0.6) is 0 Å². The molecule has 1 aromatic carbocycles. The first-order valence-electron chi connectivity index (χ1n) is 7.13. The van der Waals surface area contributed by atoms with Crippen molar-refractivity contribution in [1.82, 2.24) is 20.0 Å². The van der Waals surface area contributed by atoms with E-state index >= 15 is 0 Å². The Labute approximate surface area is 126 Å². The van der Waals surface area contributed by atoms with E-state index in [-0.39, 0.29) is 5.69 Å². The van der Waals surface area contributed by atoms with E-state index in [2.05, 4.69) is 15.3 Å². The van der Waals surface area contributed by atoms with Crippen LogP contribution in [-0.4, -0.2) is 31.1 Å². The van der Waals surface area contributed by atoms with E-state index in [1.54, 1.807) is 10.9 Å². The molecule has 0 saturated carbocycles. The molecular formula is C16H14N4O2. The SMILES string of the molecule is O=C(O)c1nn(Cc2ccccc2)c2c1-c1[nH]ncc1CC2. The maximum Gasteiger partial charge on any atom is 0.357 e. The van der Waals surface area contributed by atoms with Crippen molar-refractivity contribution in [2.24, 2.45) is 0 Å². The molecule has 2 heterocycles. The molecule has 2 aromatic heterocycles. The highest BCUT2D eigenvalue weighted by Gasteiger charge is 2.29. The fraction of sp³-hybridized carbons (Fsp3) is 0.188. The predicted octanol–water partition coefficient (Wildman–Crippen LogP) is 2.12. The maximum atomic E-state index is 11.6. The lowest BCUT2D eigenvalue weighted by Gasteiger charge is -2.14. The van der Waals surface area contributed by atoms with Crippen LogP contribution in [0.4, 0.5) is 0 Å². The van der Waals surface area contributed by atoms with E-state index < -0.39 is 5.97 Å². The first kappa shape index (κ1) is 12.8. The van der Waals surface area contributed by atoms with Crippen LogP contribution in [0.25, 0.3) is 11.3 Å². The molecule has 2 N–H and O–H groups in total. The van der Waals surface area contributed by atoms with Gasteiger partial charge in [0.2, 0.25) is 0 Å². The Morgan fingerprint density at radius 2 is 2.09 bits per heavy atom. The van der Waals surface area contributed by atoms with Gasteiger partial charge in [-0.25, -0.2) is 4.79 Å². The molecule has 0 bridgehead atoms. The van der Waals surface area contributed by atoms with Gasteiger partial charge in [-0.1, -0.05) is 30.3 Å². The number of nitrogens with zero attached hydrogens (tertiary/aromatic N) is 3. The number of carbonyl (C=O) groups is 1. The summed E-state index contributed by atoms with van der Waals surface area (Å²) in [6.45, 7) is 0.569. The monoisotopic (exact) mass is 294 g/mol. The van der Waals surface area contributed by atoms with Crippen molar-refractivity contribution >= 4 is 5.97 Å². The van der Waals surface area contributed by atoms with Crippen molar-refractivity contribution in [2.75, 3.05) is 0 Å². The van der Waals surface area contributed by atoms with Crippen LogP contribution in [-0.2, 0) is 19.4 Å². The predicted molar refractivity (Wildman–Crippen MR) is 79.7 cm³/mol. The average Bonchev–Trinajstić information content (AvgIpc) is 3.12. The zero-order valence-corrected chi connectivity index (χ0v) is 11.8. The summed E-state index contributed by atoms with van der Waals surface area (Å²) in [5.74, 6) is -1.01. The standard InChI is InChI=1S/C16H14N4O2/c21-16(22)15-13-12(7-6-11-8-17-18-14(11)13)20(19-15)9-10-4-2-1-3-5-10/h1-5,8H,6-7,9H2,(H,17,18)(H,21,22). The average molecular weight is 294 g/mol. The van der Waals surface area contributed by atoms with Gasteiger partial charge in [0.1, 0.15) is 0 Å². The molecule has 22 heavy (non-hydrogen) atoms. The minimum absolute atomic E-state index is 0.0936. The van der Waals surface area contributed by atoms with Crippen LogP contribution in [0.15, 0.2) is 36.5 Å². The highest BCUT2D eigenvalue weighted by atomic mass is 16.4. The Morgan fingerprint density at radius 1 is 1.27 bits per heavy atom. The third kappa shape index (κ3) is 1.92. The normalized spacial score (nSPS) is 12.7. The number of aromatic nitrogens is 4. The highest BCUT2D eigenvalue weighted by Crippen LogP contribution is 2.34. The van der Waals surface area contributed by atoms with Gasteiger partial charge in [-0.3, -0.25) is 9.78 Å².